The zero-order valence-electron chi connectivity index (χ0n) is 15.2. The second-order valence-electron chi connectivity index (χ2n) is 7.04. The fourth-order valence-corrected chi connectivity index (χ4v) is 3.18. The number of halogens is 1. The molecule has 0 atom stereocenters. The highest BCUT2D eigenvalue weighted by Gasteiger charge is 2.22. The van der Waals surface area contributed by atoms with Crippen LogP contribution in [0.5, 0.6) is 0 Å². The SMILES string of the molecule is CC(C)Nc1c([N+](=O)[O-])cnc2c1cc(Cl)n2COCCS(C)(C)C. The average molecular weight is 389 g/mol. The summed E-state index contributed by atoms with van der Waals surface area (Å²) in [4.78, 5) is 15.1. The summed E-state index contributed by atoms with van der Waals surface area (Å²) in [7, 11) is -0.621. The molecular formula is C16H25ClN4O3S. The molecule has 0 aliphatic heterocycles. The topological polar surface area (TPSA) is 82.2 Å². The smallest absolute Gasteiger partial charge is 0.311 e. The first kappa shape index (κ1) is 19.8. The van der Waals surface area contributed by atoms with E-state index in [4.69, 9.17) is 16.3 Å². The molecule has 0 saturated carbocycles. The van der Waals surface area contributed by atoms with Gasteiger partial charge in [0.2, 0.25) is 0 Å². The molecule has 0 aliphatic carbocycles. The standard InChI is InChI=1S/C16H25ClN4O3S/c1-11(2)19-15-12-8-14(17)20(10-24-6-7-25(3,4)5)16(12)18-9-13(15)21(22)23/h8-9,11H,6-7,10H2,1-5H3,(H,18,19). The van der Waals surface area contributed by atoms with Gasteiger partial charge in [0.25, 0.3) is 0 Å². The molecule has 2 rings (SSSR count). The van der Waals surface area contributed by atoms with Gasteiger partial charge in [-0.3, -0.25) is 14.7 Å². The highest BCUT2D eigenvalue weighted by molar-refractivity contribution is 8.32. The number of rotatable bonds is 8. The zero-order valence-corrected chi connectivity index (χ0v) is 16.8. The van der Waals surface area contributed by atoms with Crippen molar-refractivity contribution in [1.82, 2.24) is 9.55 Å². The number of fused-ring (bicyclic) bond motifs is 1. The van der Waals surface area contributed by atoms with E-state index in [2.05, 4.69) is 29.1 Å². The second-order valence-corrected chi connectivity index (χ2v) is 12.0. The number of hydrogen-bond donors (Lipinski definition) is 1. The van der Waals surface area contributed by atoms with Gasteiger partial charge in [-0.05, 0) is 38.7 Å². The fourth-order valence-electron chi connectivity index (χ4n) is 2.32. The Morgan fingerprint density at radius 2 is 2.12 bits per heavy atom. The summed E-state index contributed by atoms with van der Waals surface area (Å²) in [5.74, 6) is 1.00. The molecule has 0 saturated heterocycles. The number of nitro groups is 1. The molecule has 0 bridgehead atoms. The van der Waals surface area contributed by atoms with E-state index in [9.17, 15) is 10.1 Å². The number of anilines is 1. The predicted molar refractivity (Wildman–Crippen MR) is 106 cm³/mol. The monoisotopic (exact) mass is 388 g/mol. The third-order valence-electron chi connectivity index (χ3n) is 3.54. The predicted octanol–water partition coefficient (Wildman–Crippen LogP) is 4.09. The van der Waals surface area contributed by atoms with Gasteiger partial charge < -0.3 is 10.1 Å². The highest BCUT2D eigenvalue weighted by atomic mass is 35.5. The van der Waals surface area contributed by atoms with Crippen LogP contribution in [0, 0.1) is 10.1 Å². The molecule has 0 aromatic carbocycles. The first-order valence-corrected chi connectivity index (χ1v) is 11.3. The maximum Gasteiger partial charge on any atom is 0.311 e. The number of hydrogen-bond acceptors (Lipinski definition) is 5. The van der Waals surface area contributed by atoms with Crippen LogP contribution in [0.2, 0.25) is 5.15 Å². The van der Waals surface area contributed by atoms with Crippen molar-refractivity contribution in [3.63, 3.8) is 0 Å². The summed E-state index contributed by atoms with van der Waals surface area (Å²) in [6.45, 7) is 4.75. The van der Waals surface area contributed by atoms with Gasteiger partial charge in [-0.1, -0.05) is 11.6 Å². The van der Waals surface area contributed by atoms with E-state index in [1.807, 2.05) is 13.8 Å². The van der Waals surface area contributed by atoms with Crippen LogP contribution in [0.25, 0.3) is 11.0 Å². The van der Waals surface area contributed by atoms with Gasteiger partial charge in [0.05, 0.1) is 16.9 Å². The number of nitrogens with zero attached hydrogens (tertiary/aromatic N) is 3. The second kappa shape index (κ2) is 7.80. The molecule has 0 radical (unpaired) electrons. The number of nitrogens with one attached hydrogen (secondary N) is 1. The normalized spacial score (nSPS) is 12.8. The van der Waals surface area contributed by atoms with Crippen LogP contribution in [0.4, 0.5) is 11.4 Å². The number of pyridine rings is 1. The van der Waals surface area contributed by atoms with Crippen LogP contribution in [-0.4, -0.2) is 51.6 Å². The Balaban J connectivity index is 2.34. The Morgan fingerprint density at radius 1 is 1.44 bits per heavy atom. The van der Waals surface area contributed by atoms with E-state index in [1.54, 1.807) is 10.6 Å². The molecule has 0 aliphatic rings. The van der Waals surface area contributed by atoms with E-state index in [-0.39, 0.29) is 18.5 Å². The Kier molecular flexibility index (Phi) is 6.18. The molecule has 0 fully saturated rings. The maximum atomic E-state index is 11.3. The minimum atomic E-state index is -0.621. The summed E-state index contributed by atoms with van der Waals surface area (Å²) < 4.78 is 7.47. The van der Waals surface area contributed by atoms with Crippen molar-refractivity contribution >= 4 is 44.0 Å². The van der Waals surface area contributed by atoms with Crippen molar-refractivity contribution in [3.05, 3.63) is 27.5 Å². The molecular weight excluding hydrogens is 364 g/mol. The minimum absolute atomic E-state index is 0.0393. The third kappa shape index (κ3) is 4.99. The van der Waals surface area contributed by atoms with Gasteiger partial charge in [0.1, 0.15) is 29.4 Å². The Hall–Kier alpha value is -1.51. The first-order valence-electron chi connectivity index (χ1n) is 7.92. The van der Waals surface area contributed by atoms with E-state index in [0.29, 0.717) is 28.5 Å². The van der Waals surface area contributed by atoms with Gasteiger partial charge in [-0.25, -0.2) is 15.0 Å². The van der Waals surface area contributed by atoms with E-state index in [0.717, 1.165) is 5.75 Å². The molecule has 25 heavy (non-hydrogen) atoms. The van der Waals surface area contributed by atoms with E-state index >= 15 is 0 Å². The molecule has 2 heterocycles. The first-order chi connectivity index (χ1) is 11.6. The van der Waals surface area contributed by atoms with Crippen LogP contribution in [0.15, 0.2) is 12.3 Å². The summed E-state index contributed by atoms with van der Waals surface area (Å²) in [5.41, 5.74) is 0.943. The van der Waals surface area contributed by atoms with Crippen molar-refractivity contribution in [2.75, 3.05) is 36.4 Å². The molecule has 140 valence electrons. The van der Waals surface area contributed by atoms with Crippen molar-refractivity contribution in [1.29, 1.82) is 0 Å². The molecule has 7 nitrogen and oxygen atoms in total. The Bertz CT molecular complexity index is 771. The maximum absolute atomic E-state index is 11.3. The minimum Gasteiger partial charge on any atom is -0.377 e. The average Bonchev–Trinajstić information content (AvgIpc) is 2.78. The molecule has 0 spiro atoms. The Labute approximate surface area is 154 Å². The summed E-state index contributed by atoms with van der Waals surface area (Å²) in [6, 6.07) is 1.73. The van der Waals surface area contributed by atoms with Gasteiger partial charge >= 0.3 is 5.69 Å². The molecule has 9 heteroatoms. The van der Waals surface area contributed by atoms with Crippen molar-refractivity contribution < 1.29 is 9.66 Å². The number of ether oxygens (including phenoxy) is 1. The lowest BCUT2D eigenvalue weighted by molar-refractivity contribution is -0.384. The van der Waals surface area contributed by atoms with Crippen LogP contribution in [0.1, 0.15) is 13.8 Å². The fraction of sp³-hybridized carbons (Fsp3) is 0.562. The lowest BCUT2D eigenvalue weighted by atomic mass is 10.2. The quantitative estimate of drug-likeness (QED) is 0.418. The highest BCUT2D eigenvalue weighted by Crippen LogP contribution is 2.36. The van der Waals surface area contributed by atoms with Crippen LogP contribution in [-0.2, 0) is 11.5 Å². The lowest BCUT2D eigenvalue weighted by Crippen LogP contribution is -2.12. The lowest BCUT2D eigenvalue weighted by Gasteiger charge is -2.24. The van der Waals surface area contributed by atoms with Gasteiger partial charge in [-0.2, -0.15) is 0 Å². The van der Waals surface area contributed by atoms with Crippen molar-refractivity contribution in [2.45, 2.75) is 26.6 Å². The van der Waals surface area contributed by atoms with Gasteiger partial charge in [-0.15, -0.1) is 0 Å². The zero-order chi connectivity index (χ0) is 18.8. The van der Waals surface area contributed by atoms with E-state index in [1.165, 1.54) is 6.20 Å². The summed E-state index contributed by atoms with van der Waals surface area (Å²) >= 11 is 6.33. The van der Waals surface area contributed by atoms with E-state index < -0.39 is 15.0 Å². The summed E-state index contributed by atoms with van der Waals surface area (Å²) in [6.07, 6.45) is 7.97. The Morgan fingerprint density at radius 3 is 2.68 bits per heavy atom. The third-order valence-corrected chi connectivity index (χ3v) is 5.25. The van der Waals surface area contributed by atoms with Crippen LogP contribution in [0.3, 0.4) is 0 Å². The van der Waals surface area contributed by atoms with Crippen molar-refractivity contribution in [3.8, 4) is 0 Å². The molecule has 1 N–H and O–H groups in total. The molecule has 0 amide bonds. The molecule has 2 aromatic rings. The molecule has 2 aromatic heterocycles. The van der Waals surface area contributed by atoms with Gasteiger partial charge in [0, 0.05) is 11.8 Å². The summed E-state index contributed by atoms with van der Waals surface area (Å²) in [5, 5.41) is 15.5. The van der Waals surface area contributed by atoms with Crippen LogP contribution >= 0.6 is 21.6 Å². The molecule has 0 unspecified atom stereocenters. The largest absolute Gasteiger partial charge is 0.377 e. The van der Waals surface area contributed by atoms with Crippen molar-refractivity contribution in [2.24, 2.45) is 0 Å². The van der Waals surface area contributed by atoms with Gasteiger partial charge in [0.15, 0.2) is 0 Å². The number of aromatic nitrogens is 2. The van der Waals surface area contributed by atoms with Crippen LogP contribution < -0.4 is 5.32 Å².